The minimum atomic E-state index is -0.744. The topological polar surface area (TPSA) is 85.4 Å². The van der Waals surface area contributed by atoms with Crippen LogP contribution < -0.4 is 15.1 Å². The van der Waals surface area contributed by atoms with Gasteiger partial charge < -0.3 is 19.9 Å². The predicted octanol–water partition coefficient (Wildman–Crippen LogP) is 5.06. The first kappa shape index (κ1) is 31.4. The van der Waals surface area contributed by atoms with Crippen LogP contribution in [-0.4, -0.2) is 84.6 Å². The van der Waals surface area contributed by atoms with Gasteiger partial charge in [-0.25, -0.2) is 4.79 Å². The Morgan fingerprint density at radius 3 is 2.25 bits per heavy atom. The third-order valence-electron chi connectivity index (χ3n) is 7.83. The second kappa shape index (κ2) is 14.7. The Hall–Kier alpha value is -3.99. The van der Waals surface area contributed by atoms with Gasteiger partial charge in [-0.2, -0.15) is 0 Å². The van der Waals surface area contributed by atoms with Crippen LogP contribution in [0.2, 0.25) is 5.02 Å². The molecule has 3 aromatic rings. The number of anilines is 3. The Bertz CT molecular complexity index is 1460. The van der Waals surface area contributed by atoms with Gasteiger partial charge in [0, 0.05) is 49.1 Å². The lowest BCUT2D eigenvalue weighted by atomic mass is 10.1. The second-order valence-corrected chi connectivity index (χ2v) is 11.5. The number of carbonyl (C=O) groups excluding carboxylic acids is 3. The van der Waals surface area contributed by atoms with Crippen molar-refractivity contribution in [1.29, 1.82) is 0 Å². The van der Waals surface area contributed by atoms with Crippen molar-refractivity contribution in [3.05, 3.63) is 89.4 Å². The van der Waals surface area contributed by atoms with Crippen molar-refractivity contribution >= 4 is 63.8 Å². The van der Waals surface area contributed by atoms with Crippen molar-refractivity contribution in [2.45, 2.75) is 25.8 Å². The summed E-state index contributed by atoms with van der Waals surface area (Å²) in [6.45, 7) is 7.25. The molecule has 2 aliphatic heterocycles. The highest BCUT2D eigenvalue weighted by Gasteiger charge is 2.44. The summed E-state index contributed by atoms with van der Waals surface area (Å²) in [7, 11) is 0. The molecular weight excluding hydrogens is 598 g/mol. The molecule has 2 amide bonds. The number of carbonyl (C=O) groups is 3. The summed E-state index contributed by atoms with van der Waals surface area (Å²) < 4.78 is 5.02. The van der Waals surface area contributed by atoms with Gasteiger partial charge in [-0.15, -0.1) is 0 Å². The summed E-state index contributed by atoms with van der Waals surface area (Å²) >= 11 is 11.9. The summed E-state index contributed by atoms with van der Waals surface area (Å²) in [4.78, 5) is 47.1. The molecule has 1 N–H and O–H groups in total. The molecule has 3 aromatic carbocycles. The number of rotatable bonds is 11. The first-order chi connectivity index (χ1) is 21.3. The van der Waals surface area contributed by atoms with Crippen LogP contribution in [0.3, 0.4) is 0 Å². The van der Waals surface area contributed by atoms with Gasteiger partial charge in [0.2, 0.25) is 5.91 Å². The van der Waals surface area contributed by atoms with Gasteiger partial charge in [0.1, 0.15) is 6.04 Å². The van der Waals surface area contributed by atoms with E-state index in [0.717, 1.165) is 39.1 Å². The zero-order valence-electron chi connectivity index (χ0n) is 24.7. The molecule has 9 nitrogen and oxygen atoms in total. The number of esters is 1. The minimum absolute atomic E-state index is 0.0710. The molecule has 230 valence electrons. The first-order valence-electron chi connectivity index (χ1n) is 14.8. The lowest BCUT2D eigenvalue weighted by Crippen LogP contribution is -2.47. The molecule has 0 spiro atoms. The van der Waals surface area contributed by atoms with Crippen LogP contribution in [0.4, 0.5) is 17.1 Å². The number of halogens is 1. The van der Waals surface area contributed by atoms with Crippen LogP contribution >= 0.6 is 23.8 Å². The van der Waals surface area contributed by atoms with Gasteiger partial charge >= 0.3 is 5.97 Å². The fourth-order valence-corrected chi connectivity index (χ4v) is 6.08. The molecule has 2 heterocycles. The average Bonchev–Trinajstić information content (AvgIpc) is 3.26. The maximum Gasteiger partial charge on any atom is 0.338 e. The molecule has 0 aliphatic carbocycles. The maximum atomic E-state index is 13.7. The highest BCUT2D eigenvalue weighted by atomic mass is 35.5. The Morgan fingerprint density at radius 1 is 0.909 bits per heavy atom. The quantitative estimate of drug-likeness (QED) is 0.232. The molecule has 2 fully saturated rings. The average molecular weight is 634 g/mol. The Kier molecular flexibility index (Phi) is 10.5. The third-order valence-corrected chi connectivity index (χ3v) is 8.50. The van der Waals surface area contributed by atoms with E-state index in [1.807, 2.05) is 11.0 Å². The number of nitrogens with one attached hydrogen (secondary N) is 1. The highest BCUT2D eigenvalue weighted by molar-refractivity contribution is 7.80. The smallest absolute Gasteiger partial charge is 0.338 e. The summed E-state index contributed by atoms with van der Waals surface area (Å²) in [6, 6.07) is 23.1. The van der Waals surface area contributed by atoms with E-state index in [2.05, 4.69) is 39.4 Å². The number of nitrogens with zero attached hydrogens (tertiary/aromatic N) is 4. The maximum absolute atomic E-state index is 13.7. The van der Waals surface area contributed by atoms with E-state index < -0.39 is 12.0 Å². The second-order valence-electron chi connectivity index (χ2n) is 10.7. The van der Waals surface area contributed by atoms with Gasteiger partial charge in [-0.3, -0.25) is 19.4 Å². The van der Waals surface area contributed by atoms with Crippen LogP contribution in [0, 0.1) is 0 Å². The van der Waals surface area contributed by atoms with E-state index in [-0.39, 0.29) is 24.8 Å². The van der Waals surface area contributed by atoms with E-state index in [1.165, 1.54) is 10.6 Å². The molecule has 0 radical (unpaired) electrons. The van der Waals surface area contributed by atoms with E-state index in [0.29, 0.717) is 33.6 Å². The predicted molar refractivity (Wildman–Crippen MR) is 177 cm³/mol. The molecule has 2 saturated heterocycles. The summed E-state index contributed by atoms with van der Waals surface area (Å²) in [5.74, 6) is -0.997. The van der Waals surface area contributed by atoms with Gasteiger partial charge in [0.25, 0.3) is 5.91 Å². The number of hydrogen-bond donors (Lipinski definition) is 1. The third kappa shape index (κ3) is 7.56. The highest BCUT2D eigenvalue weighted by Crippen LogP contribution is 2.29. The number of hydrogen-bond acceptors (Lipinski definition) is 7. The van der Waals surface area contributed by atoms with Gasteiger partial charge in [-0.05, 0) is 92.8 Å². The van der Waals surface area contributed by atoms with Crippen molar-refractivity contribution in [3.8, 4) is 0 Å². The minimum Gasteiger partial charge on any atom is -0.462 e. The van der Waals surface area contributed by atoms with E-state index in [4.69, 9.17) is 28.6 Å². The van der Waals surface area contributed by atoms with Crippen LogP contribution in [-0.2, 0) is 14.3 Å². The zero-order valence-corrected chi connectivity index (χ0v) is 26.2. The van der Waals surface area contributed by atoms with Crippen molar-refractivity contribution in [2.24, 2.45) is 0 Å². The summed E-state index contributed by atoms with van der Waals surface area (Å²) in [5.41, 5.74) is 2.77. The van der Waals surface area contributed by atoms with E-state index >= 15 is 0 Å². The Labute approximate surface area is 268 Å². The number of thiocarbonyl (C=S) groups is 1. The molecule has 5 rings (SSSR count). The lowest BCUT2D eigenvalue weighted by molar-refractivity contribution is -0.124. The largest absolute Gasteiger partial charge is 0.462 e. The number of amides is 2. The normalized spacial score (nSPS) is 17.2. The zero-order chi connectivity index (χ0) is 31.1. The Balaban J connectivity index is 1.22. The van der Waals surface area contributed by atoms with Gasteiger partial charge in [0.15, 0.2) is 5.11 Å². The number of para-hydroxylation sites is 1. The SMILES string of the molecule is CCOC(=O)c1ccc(NC(=O)C[C@@H]2C(=O)N(c3ccc(Cl)cc3)C(=S)N2CCCN2CCN(c3ccccc3)CC2)cc1. The number of piperazine rings is 1. The summed E-state index contributed by atoms with van der Waals surface area (Å²) in [6.07, 6.45) is 0.721. The molecule has 0 unspecified atom stereocenters. The molecule has 2 aliphatic rings. The van der Waals surface area contributed by atoms with E-state index in [9.17, 15) is 14.4 Å². The Morgan fingerprint density at radius 2 is 1.59 bits per heavy atom. The number of benzene rings is 3. The van der Waals surface area contributed by atoms with Gasteiger partial charge in [0.05, 0.1) is 24.3 Å². The summed E-state index contributed by atoms with van der Waals surface area (Å²) in [5, 5.41) is 3.78. The van der Waals surface area contributed by atoms with Crippen molar-refractivity contribution < 1.29 is 19.1 Å². The van der Waals surface area contributed by atoms with Gasteiger partial charge in [-0.1, -0.05) is 29.8 Å². The monoisotopic (exact) mass is 633 g/mol. The molecular formula is C33H36ClN5O4S. The molecule has 1 atom stereocenters. The molecule has 11 heteroatoms. The standard InChI is InChI=1S/C33H36ClN5O4S/c1-2-43-32(42)24-9-13-26(14-10-24)35-30(40)23-29-31(41)39(28-15-11-25(34)12-16-28)33(44)38(29)18-6-17-36-19-21-37(22-20-36)27-7-4-3-5-8-27/h3-5,7-16,29H,2,6,17-23H2,1H3,(H,35,40)/t29-/m1/s1. The van der Waals surface area contributed by atoms with Crippen LogP contribution in [0.1, 0.15) is 30.1 Å². The molecule has 0 saturated carbocycles. The van der Waals surface area contributed by atoms with Crippen LogP contribution in [0.25, 0.3) is 0 Å². The molecule has 0 aromatic heterocycles. The molecule has 0 bridgehead atoms. The fraction of sp³-hybridized carbons (Fsp3) is 0.333. The lowest BCUT2D eigenvalue weighted by Gasteiger charge is -2.36. The van der Waals surface area contributed by atoms with Crippen molar-refractivity contribution in [1.82, 2.24) is 9.80 Å². The van der Waals surface area contributed by atoms with E-state index in [1.54, 1.807) is 55.5 Å². The molecule has 44 heavy (non-hydrogen) atoms. The number of ether oxygens (including phenoxy) is 1. The van der Waals surface area contributed by atoms with Crippen LogP contribution in [0.5, 0.6) is 0 Å². The first-order valence-corrected chi connectivity index (χ1v) is 15.6. The fourth-order valence-electron chi connectivity index (χ4n) is 5.54. The van der Waals surface area contributed by atoms with Crippen molar-refractivity contribution in [2.75, 3.05) is 61.0 Å². The van der Waals surface area contributed by atoms with Crippen LogP contribution in [0.15, 0.2) is 78.9 Å². The van der Waals surface area contributed by atoms with Crippen molar-refractivity contribution in [3.63, 3.8) is 0 Å².